The first-order valence-corrected chi connectivity index (χ1v) is 13.6. The standard InChI is InChI=1S/C33H29ClN2O4/c1-3-8-20(23-9-4-7-12-31(23)40-2)18-30(37)21-13-15-24(27(17-21)33(38)39)26-19-22(34)14-16-25(26)32-35-28-10-5-6-11-29(28)36-32/h4-7,9-17,19-20H,3,8,18H2,1-2H3,(H,35,36)(H,38,39). The fraction of sp³-hybridized carbons (Fsp3) is 0.182. The quantitative estimate of drug-likeness (QED) is 0.170. The van der Waals surface area contributed by atoms with Crippen LogP contribution in [0.5, 0.6) is 5.75 Å². The van der Waals surface area contributed by atoms with Crippen LogP contribution in [0.15, 0.2) is 84.9 Å². The number of carboxylic acid groups (broad SMARTS) is 1. The van der Waals surface area contributed by atoms with Gasteiger partial charge in [0.25, 0.3) is 0 Å². The van der Waals surface area contributed by atoms with Gasteiger partial charge < -0.3 is 14.8 Å². The Kier molecular flexibility index (Phi) is 7.99. The topological polar surface area (TPSA) is 92.3 Å². The first-order valence-electron chi connectivity index (χ1n) is 13.2. The summed E-state index contributed by atoms with van der Waals surface area (Å²) in [5.41, 5.74) is 4.80. The van der Waals surface area contributed by atoms with Crippen molar-refractivity contribution < 1.29 is 19.4 Å². The minimum Gasteiger partial charge on any atom is -0.496 e. The van der Waals surface area contributed by atoms with Crippen molar-refractivity contribution in [3.05, 3.63) is 107 Å². The monoisotopic (exact) mass is 552 g/mol. The summed E-state index contributed by atoms with van der Waals surface area (Å²) in [4.78, 5) is 34.0. The van der Waals surface area contributed by atoms with Gasteiger partial charge in [0.2, 0.25) is 0 Å². The van der Waals surface area contributed by atoms with Gasteiger partial charge in [-0.1, -0.05) is 67.4 Å². The molecule has 0 saturated carbocycles. The molecule has 4 aromatic carbocycles. The van der Waals surface area contributed by atoms with Crippen LogP contribution in [0.3, 0.4) is 0 Å². The smallest absolute Gasteiger partial charge is 0.336 e. The maximum Gasteiger partial charge on any atom is 0.336 e. The van der Waals surface area contributed by atoms with E-state index >= 15 is 0 Å². The number of imidazole rings is 1. The van der Waals surface area contributed by atoms with E-state index in [1.54, 1.807) is 31.4 Å². The van der Waals surface area contributed by atoms with Gasteiger partial charge in [0.1, 0.15) is 11.6 Å². The van der Waals surface area contributed by atoms with Gasteiger partial charge in [-0.25, -0.2) is 9.78 Å². The number of carboxylic acids is 1. The molecule has 0 bridgehead atoms. The van der Waals surface area contributed by atoms with E-state index in [4.69, 9.17) is 21.3 Å². The molecule has 0 spiro atoms. The van der Waals surface area contributed by atoms with Gasteiger partial charge >= 0.3 is 5.97 Å². The van der Waals surface area contributed by atoms with Gasteiger partial charge in [-0.15, -0.1) is 0 Å². The molecular formula is C33H29ClN2O4. The number of nitrogens with one attached hydrogen (secondary N) is 1. The number of benzene rings is 4. The molecule has 1 aromatic heterocycles. The average Bonchev–Trinajstić information content (AvgIpc) is 3.40. The number of carbonyl (C=O) groups is 2. The number of methoxy groups -OCH3 is 1. The Hall–Kier alpha value is -4.42. The number of aromatic nitrogens is 2. The molecule has 0 radical (unpaired) electrons. The molecule has 0 aliphatic rings. The zero-order chi connectivity index (χ0) is 28.2. The van der Waals surface area contributed by atoms with Crippen LogP contribution in [0.1, 0.15) is 58.4 Å². The largest absolute Gasteiger partial charge is 0.496 e. The van der Waals surface area contributed by atoms with Gasteiger partial charge in [-0.05, 0) is 71.5 Å². The Labute approximate surface area is 237 Å². The van der Waals surface area contributed by atoms with E-state index in [0.717, 1.165) is 35.2 Å². The number of hydrogen-bond donors (Lipinski definition) is 2. The molecule has 40 heavy (non-hydrogen) atoms. The van der Waals surface area contributed by atoms with Crippen molar-refractivity contribution in [2.75, 3.05) is 7.11 Å². The van der Waals surface area contributed by atoms with Crippen molar-refractivity contribution in [1.82, 2.24) is 9.97 Å². The number of rotatable bonds is 10. The number of ether oxygens (including phenoxy) is 1. The summed E-state index contributed by atoms with van der Waals surface area (Å²) in [5, 5.41) is 10.7. The highest BCUT2D eigenvalue weighted by atomic mass is 35.5. The van der Waals surface area contributed by atoms with E-state index in [9.17, 15) is 14.7 Å². The fourth-order valence-electron chi connectivity index (χ4n) is 5.22. The molecule has 0 saturated heterocycles. The van der Waals surface area contributed by atoms with E-state index in [-0.39, 0.29) is 23.7 Å². The van der Waals surface area contributed by atoms with E-state index in [0.29, 0.717) is 33.1 Å². The van der Waals surface area contributed by atoms with Crippen LogP contribution in [0, 0.1) is 0 Å². The van der Waals surface area contributed by atoms with E-state index < -0.39 is 5.97 Å². The van der Waals surface area contributed by atoms with Crippen LogP contribution < -0.4 is 4.74 Å². The molecule has 202 valence electrons. The molecular weight excluding hydrogens is 524 g/mol. The summed E-state index contributed by atoms with van der Waals surface area (Å²) in [5.74, 6) is 0.0456. The molecule has 0 aliphatic carbocycles. The number of aromatic amines is 1. The number of para-hydroxylation sites is 3. The number of H-pyrrole nitrogens is 1. The summed E-state index contributed by atoms with van der Waals surface area (Å²) >= 11 is 6.37. The van der Waals surface area contributed by atoms with Crippen molar-refractivity contribution in [2.24, 2.45) is 0 Å². The van der Waals surface area contributed by atoms with Crippen molar-refractivity contribution in [2.45, 2.75) is 32.1 Å². The van der Waals surface area contributed by atoms with E-state index in [1.165, 1.54) is 6.07 Å². The second-order valence-electron chi connectivity index (χ2n) is 9.71. The molecule has 7 heteroatoms. The average molecular weight is 553 g/mol. The molecule has 6 nitrogen and oxygen atoms in total. The lowest BCUT2D eigenvalue weighted by atomic mass is 9.86. The van der Waals surface area contributed by atoms with Gasteiger partial charge in [0.05, 0.1) is 23.7 Å². The zero-order valence-electron chi connectivity index (χ0n) is 22.3. The van der Waals surface area contributed by atoms with Crippen LogP contribution >= 0.6 is 11.6 Å². The summed E-state index contributed by atoms with van der Waals surface area (Å²) in [6.45, 7) is 2.08. The first-order chi connectivity index (χ1) is 19.4. The van der Waals surface area contributed by atoms with Crippen LogP contribution in [0.2, 0.25) is 5.02 Å². The highest BCUT2D eigenvalue weighted by molar-refractivity contribution is 6.31. The number of fused-ring (bicyclic) bond motifs is 1. The lowest BCUT2D eigenvalue weighted by molar-refractivity contribution is 0.0697. The van der Waals surface area contributed by atoms with Crippen molar-refractivity contribution in [3.63, 3.8) is 0 Å². The Bertz CT molecular complexity index is 1680. The Morgan fingerprint density at radius 1 is 0.950 bits per heavy atom. The maximum absolute atomic E-state index is 13.5. The summed E-state index contributed by atoms with van der Waals surface area (Å²) in [6, 6.07) is 25.5. The van der Waals surface area contributed by atoms with Gasteiger partial charge in [0.15, 0.2) is 5.78 Å². The molecule has 0 amide bonds. The first kappa shape index (κ1) is 27.2. The van der Waals surface area contributed by atoms with Gasteiger partial charge in [-0.2, -0.15) is 0 Å². The summed E-state index contributed by atoms with van der Waals surface area (Å²) in [7, 11) is 1.62. The molecule has 0 fully saturated rings. The normalized spacial score (nSPS) is 11.9. The number of nitrogens with zero attached hydrogens (tertiary/aromatic N) is 1. The lowest BCUT2D eigenvalue weighted by Crippen LogP contribution is -2.11. The van der Waals surface area contributed by atoms with E-state index in [1.807, 2.05) is 54.6 Å². The third kappa shape index (κ3) is 5.49. The minimum absolute atomic E-state index is 0.0230. The number of ketones is 1. The third-order valence-corrected chi connectivity index (χ3v) is 7.37. The molecule has 1 heterocycles. The Morgan fingerprint density at radius 2 is 1.70 bits per heavy atom. The predicted octanol–water partition coefficient (Wildman–Crippen LogP) is 8.41. The van der Waals surface area contributed by atoms with Crippen LogP contribution in [0.4, 0.5) is 0 Å². The second kappa shape index (κ2) is 11.8. The van der Waals surface area contributed by atoms with Crippen molar-refractivity contribution in [1.29, 1.82) is 0 Å². The van der Waals surface area contributed by atoms with Crippen LogP contribution in [-0.4, -0.2) is 33.9 Å². The Balaban J connectivity index is 1.54. The molecule has 0 aliphatic heterocycles. The highest BCUT2D eigenvalue weighted by Gasteiger charge is 2.23. The maximum atomic E-state index is 13.5. The SMILES string of the molecule is CCCC(CC(=O)c1ccc(-c2cc(Cl)ccc2-c2nc3ccccc3[nH]2)c(C(=O)O)c1)c1ccccc1OC. The zero-order valence-corrected chi connectivity index (χ0v) is 23.0. The molecule has 5 rings (SSSR count). The number of hydrogen-bond acceptors (Lipinski definition) is 4. The third-order valence-electron chi connectivity index (χ3n) is 7.14. The van der Waals surface area contributed by atoms with Gasteiger partial charge in [0, 0.05) is 22.6 Å². The fourth-order valence-corrected chi connectivity index (χ4v) is 5.39. The number of halogens is 1. The van der Waals surface area contributed by atoms with Gasteiger partial charge in [-0.3, -0.25) is 4.79 Å². The molecule has 1 unspecified atom stereocenters. The minimum atomic E-state index is -1.13. The van der Waals surface area contributed by atoms with Crippen molar-refractivity contribution in [3.8, 4) is 28.3 Å². The second-order valence-corrected chi connectivity index (χ2v) is 10.1. The number of aromatic carboxylic acids is 1. The van der Waals surface area contributed by atoms with Crippen molar-refractivity contribution >= 4 is 34.4 Å². The molecule has 1 atom stereocenters. The Morgan fingerprint density at radius 3 is 2.45 bits per heavy atom. The highest BCUT2D eigenvalue weighted by Crippen LogP contribution is 2.37. The molecule has 5 aromatic rings. The predicted molar refractivity (Wildman–Crippen MR) is 159 cm³/mol. The number of Topliss-reactive ketones (excluding diaryl/α,β-unsaturated/α-hetero) is 1. The van der Waals surface area contributed by atoms with E-state index in [2.05, 4.69) is 11.9 Å². The lowest BCUT2D eigenvalue weighted by Gasteiger charge is -2.19. The van der Waals surface area contributed by atoms with Crippen LogP contribution in [-0.2, 0) is 0 Å². The summed E-state index contributed by atoms with van der Waals surface area (Å²) < 4.78 is 5.54. The summed E-state index contributed by atoms with van der Waals surface area (Å²) in [6.07, 6.45) is 1.95. The number of carbonyl (C=O) groups excluding carboxylic acids is 1. The van der Waals surface area contributed by atoms with Crippen LogP contribution in [0.25, 0.3) is 33.5 Å². The molecule has 2 N–H and O–H groups in total.